The highest BCUT2D eigenvalue weighted by Gasteiger charge is 2.25. The maximum atomic E-state index is 11.7. The predicted molar refractivity (Wildman–Crippen MR) is 70.7 cm³/mol. The van der Waals surface area contributed by atoms with Gasteiger partial charge in [-0.05, 0) is 37.8 Å². The molecule has 2 unspecified atom stereocenters. The summed E-state index contributed by atoms with van der Waals surface area (Å²) in [7, 11) is 0. The monoisotopic (exact) mass is 241 g/mol. The molecule has 0 saturated carbocycles. The third-order valence-corrected chi connectivity index (χ3v) is 3.69. The van der Waals surface area contributed by atoms with Crippen molar-refractivity contribution in [2.45, 2.75) is 33.1 Å². The van der Waals surface area contributed by atoms with Crippen LogP contribution < -0.4 is 11.1 Å². The maximum Gasteiger partial charge on any atom is 0.234 e. The summed E-state index contributed by atoms with van der Waals surface area (Å²) in [4.78, 5) is 13.9. The standard InChI is InChI=1S/C13H27N3O/c1-3-4-6-15-13(17)10-16-7-5-12(8-14)11(2)9-16/h11-12H,3-10,14H2,1-2H3,(H,15,17). The first-order valence-corrected chi connectivity index (χ1v) is 6.86. The lowest BCUT2D eigenvalue weighted by Crippen LogP contribution is -2.46. The second kappa shape index (κ2) is 7.67. The van der Waals surface area contributed by atoms with Crippen molar-refractivity contribution in [2.24, 2.45) is 17.6 Å². The number of hydrogen-bond acceptors (Lipinski definition) is 3. The van der Waals surface area contributed by atoms with E-state index < -0.39 is 0 Å². The molecule has 2 atom stereocenters. The lowest BCUT2D eigenvalue weighted by atomic mass is 9.87. The van der Waals surface area contributed by atoms with Gasteiger partial charge in [0.25, 0.3) is 0 Å². The number of unbranched alkanes of at least 4 members (excludes halogenated alkanes) is 1. The molecule has 0 aliphatic carbocycles. The zero-order valence-corrected chi connectivity index (χ0v) is 11.2. The molecule has 17 heavy (non-hydrogen) atoms. The topological polar surface area (TPSA) is 58.4 Å². The Kier molecular flexibility index (Phi) is 6.52. The number of carbonyl (C=O) groups is 1. The summed E-state index contributed by atoms with van der Waals surface area (Å²) < 4.78 is 0. The van der Waals surface area contributed by atoms with Crippen LogP contribution in [0, 0.1) is 11.8 Å². The Labute approximate surface area is 105 Å². The fourth-order valence-corrected chi connectivity index (χ4v) is 2.44. The van der Waals surface area contributed by atoms with Crippen molar-refractivity contribution in [3.63, 3.8) is 0 Å². The molecule has 0 aromatic rings. The average molecular weight is 241 g/mol. The summed E-state index contributed by atoms with van der Waals surface area (Å²) >= 11 is 0. The van der Waals surface area contributed by atoms with E-state index in [4.69, 9.17) is 5.73 Å². The molecule has 1 aliphatic rings. The Morgan fingerprint density at radius 2 is 2.29 bits per heavy atom. The normalized spacial score (nSPS) is 25.8. The van der Waals surface area contributed by atoms with Gasteiger partial charge in [0, 0.05) is 13.1 Å². The molecule has 1 heterocycles. The third kappa shape index (κ3) is 5.04. The first-order valence-electron chi connectivity index (χ1n) is 6.86. The van der Waals surface area contributed by atoms with Crippen molar-refractivity contribution in [1.29, 1.82) is 0 Å². The molecule has 1 saturated heterocycles. The van der Waals surface area contributed by atoms with Gasteiger partial charge in [0.2, 0.25) is 5.91 Å². The van der Waals surface area contributed by atoms with Gasteiger partial charge in [-0.15, -0.1) is 0 Å². The van der Waals surface area contributed by atoms with Gasteiger partial charge in [0.1, 0.15) is 0 Å². The van der Waals surface area contributed by atoms with Crippen LogP contribution in [0.3, 0.4) is 0 Å². The average Bonchev–Trinajstić information content (AvgIpc) is 2.29. The Morgan fingerprint density at radius 1 is 1.53 bits per heavy atom. The largest absolute Gasteiger partial charge is 0.355 e. The lowest BCUT2D eigenvalue weighted by Gasteiger charge is -2.35. The number of nitrogens with one attached hydrogen (secondary N) is 1. The first-order chi connectivity index (χ1) is 8.17. The number of nitrogens with zero attached hydrogens (tertiary/aromatic N) is 1. The molecule has 1 rings (SSSR count). The van der Waals surface area contributed by atoms with Crippen molar-refractivity contribution >= 4 is 5.91 Å². The third-order valence-electron chi connectivity index (χ3n) is 3.69. The van der Waals surface area contributed by atoms with Crippen LogP contribution in [0.1, 0.15) is 33.1 Å². The minimum atomic E-state index is 0.164. The van der Waals surface area contributed by atoms with Gasteiger partial charge in [-0.25, -0.2) is 0 Å². The molecule has 0 aromatic heterocycles. The summed E-state index contributed by atoms with van der Waals surface area (Å²) in [6.45, 7) is 8.51. The van der Waals surface area contributed by atoms with E-state index in [1.54, 1.807) is 0 Å². The highest BCUT2D eigenvalue weighted by atomic mass is 16.2. The Balaban J connectivity index is 2.21. The van der Waals surface area contributed by atoms with Gasteiger partial charge >= 0.3 is 0 Å². The molecule has 100 valence electrons. The molecule has 1 fully saturated rings. The van der Waals surface area contributed by atoms with Crippen LogP contribution in [0.25, 0.3) is 0 Å². The Hall–Kier alpha value is -0.610. The summed E-state index contributed by atoms with van der Waals surface area (Å²) in [5.41, 5.74) is 5.72. The molecule has 0 bridgehead atoms. The number of nitrogens with two attached hydrogens (primary N) is 1. The highest BCUT2D eigenvalue weighted by molar-refractivity contribution is 5.77. The zero-order valence-electron chi connectivity index (χ0n) is 11.2. The lowest BCUT2D eigenvalue weighted by molar-refractivity contribution is -0.122. The van der Waals surface area contributed by atoms with Crippen LogP contribution in [0.4, 0.5) is 0 Å². The van der Waals surface area contributed by atoms with Crippen LogP contribution in [0.5, 0.6) is 0 Å². The number of rotatable bonds is 6. The number of carbonyl (C=O) groups excluding carboxylic acids is 1. The van der Waals surface area contributed by atoms with E-state index in [1.807, 2.05) is 0 Å². The predicted octanol–water partition coefficient (Wildman–Crippen LogP) is 0.819. The molecular weight excluding hydrogens is 214 g/mol. The molecule has 0 aromatic carbocycles. The van der Waals surface area contributed by atoms with Crippen LogP contribution in [-0.4, -0.2) is 43.5 Å². The van der Waals surface area contributed by atoms with Crippen molar-refractivity contribution < 1.29 is 4.79 Å². The van der Waals surface area contributed by atoms with Crippen molar-refractivity contribution in [3.05, 3.63) is 0 Å². The quantitative estimate of drug-likeness (QED) is 0.677. The van der Waals surface area contributed by atoms with Gasteiger partial charge in [-0.1, -0.05) is 20.3 Å². The number of likely N-dealkylation sites (tertiary alicyclic amines) is 1. The molecule has 0 spiro atoms. The van der Waals surface area contributed by atoms with Gasteiger partial charge in [0.15, 0.2) is 0 Å². The van der Waals surface area contributed by atoms with Gasteiger partial charge in [-0.2, -0.15) is 0 Å². The fourth-order valence-electron chi connectivity index (χ4n) is 2.44. The Morgan fingerprint density at radius 3 is 2.88 bits per heavy atom. The molecule has 4 heteroatoms. The zero-order chi connectivity index (χ0) is 12.7. The van der Waals surface area contributed by atoms with E-state index in [0.717, 1.165) is 45.4 Å². The summed E-state index contributed by atoms with van der Waals surface area (Å²) in [6.07, 6.45) is 3.32. The van der Waals surface area contributed by atoms with E-state index >= 15 is 0 Å². The molecule has 0 radical (unpaired) electrons. The van der Waals surface area contributed by atoms with Crippen molar-refractivity contribution in [2.75, 3.05) is 32.7 Å². The van der Waals surface area contributed by atoms with Crippen molar-refractivity contribution in [3.8, 4) is 0 Å². The smallest absolute Gasteiger partial charge is 0.234 e. The van der Waals surface area contributed by atoms with Crippen molar-refractivity contribution in [1.82, 2.24) is 10.2 Å². The van der Waals surface area contributed by atoms with Crippen LogP contribution in [-0.2, 0) is 4.79 Å². The molecule has 1 amide bonds. The Bertz CT molecular complexity index is 233. The summed E-state index contributed by atoms with van der Waals surface area (Å²) in [5, 5.41) is 2.97. The van der Waals surface area contributed by atoms with E-state index in [9.17, 15) is 4.79 Å². The SMILES string of the molecule is CCCCNC(=O)CN1CCC(CN)C(C)C1. The number of amides is 1. The second-order valence-electron chi connectivity index (χ2n) is 5.20. The molecule has 3 N–H and O–H groups in total. The molecule has 4 nitrogen and oxygen atoms in total. The number of hydrogen-bond donors (Lipinski definition) is 2. The first kappa shape index (κ1) is 14.5. The van der Waals surface area contributed by atoms with E-state index in [0.29, 0.717) is 18.4 Å². The van der Waals surface area contributed by atoms with Gasteiger partial charge in [-0.3, -0.25) is 9.69 Å². The van der Waals surface area contributed by atoms with Crippen LogP contribution >= 0.6 is 0 Å². The summed E-state index contributed by atoms with van der Waals surface area (Å²) in [6, 6.07) is 0. The van der Waals surface area contributed by atoms with Gasteiger partial charge in [0.05, 0.1) is 6.54 Å². The van der Waals surface area contributed by atoms with Crippen LogP contribution in [0.2, 0.25) is 0 Å². The van der Waals surface area contributed by atoms with E-state index in [-0.39, 0.29) is 5.91 Å². The van der Waals surface area contributed by atoms with E-state index in [1.165, 1.54) is 0 Å². The summed E-state index contributed by atoms with van der Waals surface area (Å²) in [5.74, 6) is 1.41. The second-order valence-corrected chi connectivity index (χ2v) is 5.20. The minimum Gasteiger partial charge on any atom is -0.355 e. The van der Waals surface area contributed by atoms with Crippen LogP contribution in [0.15, 0.2) is 0 Å². The molecular formula is C13H27N3O. The minimum absolute atomic E-state index is 0.164. The fraction of sp³-hybridized carbons (Fsp3) is 0.923. The maximum absolute atomic E-state index is 11.7. The van der Waals surface area contributed by atoms with E-state index in [2.05, 4.69) is 24.1 Å². The highest BCUT2D eigenvalue weighted by Crippen LogP contribution is 2.21. The number of piperidine rings is 1. The van der Waals surface area contributed by atoms with Gasteiger partial charge < -0.3 is 11.1 Å². The molecule has 1 aliphatic heterocycles.